The fourth-order valence-electron chi connectivity index (χ4n) is 6.19. The Morgan fingerprint density at radius 1 is 0.759 bits per heavy atom. The van der Waals surface area contributed by atoms with E-state index in [4.69, 9.17) is 21.4 Å². The van der Waals surface area contributed by atoms with Gasteiger partial charge in [0.15, 0.2) is 0 Å². The minimum atomic E-state index is -5.08. The molecule has 4 atom stereocenters. The van der Waals surface area contributed by atoms with E-state index >= 15 is 4.39 Å². The number of halogens is 4. The molecule has 0 radical (unpaired) electrons. The molecule has 10 N–H and O–H groups in total. The van der Waals surface area contributed by atoms with Crippen LogP contribution in [0.3, 0.4) is 0 Å². The minimum Gasteiger partial charge on any atom is -0.480 e. The number of hydrogen-bond acceptors (Lipinski definition) is 9. The zero-order chi connectivity index (χ0) is 43.7. The topological polar surface area (TPSA) is 246 Å². The molecule has 0 bridgehead atoms. The first-order valence-corrected chi connectivity index (χ1v) is 18.8. The average Bonchev–Trinajstić information content (AvgIpc) is 3.16. The van der Waals surface area contributed by atoms with E-state index in [1.807, 2.05) is 36.4 Å². The molecular weight excluding hydrogens is 770 g/mol. The number of benzene rings is 2. The van der Waals surface area contributed by atoms with Crippen molar-refractivity contribution in [3.05, 3.63) is 71.8 Å². The maximum Gasteiger partial charge on any atom is 0.490 e. The second-order valence-corrected chi connectivity index (χ2v) is 14.6. The lowest BCUT2D eigenvalue weighted by molar-refractivity contribution is -0.192. The zero-order valence-electron chi connectivity index (χ0n) is 32.8. The molecule has 1 aliphatic rings. The summed E-state index contributed by atoms with van der Waals surface area (Å²) in [5.74, 6) is -6.22. The first-order chi connectivity index (χ1) is 27.1. The molecular formula is C39H55F4N7O8. The van der Waals surface area contributed by atoms with Gasteiger partial charge in [-0.3, -0.25) is 24.0 Å². The van der Waals surface area contributed by atoms with Crippen molar-refractivity contribution < 1.29 is 56.5 Å². The average molecular weight is 826 g/mol. The Morgan fingerprint density at radius 3 is 1.67 bits per heavy atom. The number of piperidine rings is 1. The summed E-state index contributed by atoms with van der Waals surface area (Å²) < 4.78 is 46.9. The lowest BCUT2D eigenvalue weighted by Crippen LogP contribution is -2.61. The maximum absolute atomic E-state index is 15.2. The monoisotopic (exact) mass is 825 g/mol. The van der Waals surface area contributed by atoms with Gasteiger partial charge in [0.2, 0.25) is 23.6 Å². The van der Waals surface area contributed by atoms with Gasteiger partial charge >= 0.3 is 18.1 Å². The van der Waals surface area contributed by atoms with Gasteiger partial charge in [0.1, 0.15) is 29.3 Å². The van der Waals surface area contributed by atoms with Crippen molar-refractivity contribution in [3.63, 3.8) is 0 Å². The van der Waals surface area contributed by atoms with Gasteiger partial charge in [0.05, 0.1) is 6.04 Å². The molecule has 0 aliphatic carbocycles. The number of nitrogens with one attached hydrogen (secondary N) is 4. The smallest absolute Gasteiger partial charge is 0.480 e. The molecule has 1 heterocycles. The molecule has 15 nitrogen and oxygen atoms in total. The number of amides is 4. The van der Waals surface area contributed by atoms with Gasteiger partial charge in [0.25, 0.3) is 0 Å². The molecule has 1 unspecified atom stereocenters. The number of unbranched alkanes of at least 4 members (excludes halogenated alkanes) is 1. The van der Waals surface area contributed by atoms with Crippen LogP contribution in [-0.4, -0.2) is 119 Å². The number of alkyl halides is 4. The van der Waals surface area contributed by atoms with E-state index in [9.17, 15) is 42.3 Å². The van der Waals surface area contributed by atoms with Crippen molar-refractivity contribution in [1.82, 2.24) is 26.2 Å². The standard InChI is InChI=1S/C37H54FN7O6.C2HF3O2/c1-36(2,38)24-30(33(48)42-28(16-10-11-19-39)34(49)45-20-17-37(41-3,18-21-45)35(50)51)44-32(47)29(23-26-14-8-5-9-15-26)43-31(46)27(40)22-25-12-6-4-7-13-25;3-2(4,5)1(6)7/h4-9,12-15,27-30,41H,10-11,16-24,39-40H2,1-3H3,(H,42,48)(H,43,46)(H,44,47)(H,50,51);(H,6,7)/t27-,28-,29-,30?;/m1./s1. The molecule has 1 aliphatic heterocycles. The third-order valence-electron chi connectivity index (χ3n) is 9.49. The van der Waals surface area contributed by atoms with Crippen LogP contribution < -0.4 is 32.7 Å². The molecule has 58 heavy (non-hydrogen) atoms. The second kappa shape index (κ2) is 22.7. The summed E-state index contributed by atoms with van der Waals surface area (Å²) in [6.45, 7) is 3.24. The quantitative estimate of drug-likeness (QED) is 0.0750. The van der Waals surface area contributed by atoms with Gasteiger partial charge in [-0.2, -0.15) is 13.2 Å². The molecule has 0 spiro atoms. The van der Waals surface area contributed by atoms with E-state index in [1.54, 1.807) is 31.3 Å². The number of carbonyl (C=O) groups is 6. The highest BCUT2D eigenvalue weighted by molar-refractivity contribution is 5.95. The summed E-state index contributed by atoms with van der Waals surface area (Å²) in [6, 6.07) is 13.6. The van der Waals surface area contributed by atoms with Gasteiger partial charge in [-0.05, 0) is 77.1 Å². The molecule has 19 heteroatoms. The molecule has 0 saturated carbocycles. The number of carboxylic acids is 2. The summed E-state index contributed by atoms with van der Waals surface area (Å²) in [7, 11) is 1.57. The number of nitrogens with zero attached hydrogens (tertiary/aromatic N) is 1. The summed E-state index contributed by atoms with van der Waals surface area (Å²) in [5, 5.41) is 27.8. The summed E-state index contributed by atoms with van der Waals surface area (Å²) >= 11 is 0. The number of likely N-dealkylation sites (tertiary alicyclic amines) is 1. The fourth-order valence-corrected chi connectivity index (χ4v) is 6.19. The Kier molecular flexibility index (Phi) is 19.2. The van der Waals surface area contributed by atoms with Crippen molar-refractivity contribution in [1.29, 1.82) is 0 Å². The van der Waals surface area contributed by atoms with Crippen molar-refractivity contribution in [2.24, 2.45) is 11.5 Å². The highest BCUT2D eigenvalue weighted by Gasteiger charge is 2.43. The lowest BCUT2D eigenvalue weighted by Gasteiger charge is -2.40. The molecule has 1 saturated heterocycles. The van der Waals surface area contributed by atoms with Crippen LogP contribution in [0.4, 0.5) is 17.6 Å². The SMILES string of the molecule is CNC1(C(=O)O)CCN(C(=O)[C@@H](CCCCN)NC(=O)C(CC(C)(C)F)NC(=O)[C@@H](Cc2ccccc2)NC(=O)[C@H](N)Cc2ccccc2)CC1.O=C(O)C(F)(F)F. The van der Waals surface area contributed by atoms with Crippen molar-refractivity contribution in [3.8, 4) is 0 Å². The molecule has 322 valence electrons. The molecule has 4 amide bonds. The lowest BCUT2D eigenvalue weighted by atomic mass is 9.87. The molecule has 0 aromatic heterocycles. The number of hydrogen-bond donors (Lipinski definition) is 8. The zero-order valence-corrected chi connectivity index (χ0v) is 32.8. The van der Waals surface area contributed by atoms with E-state index in [1.165, 1.54) is 18.7 Å². The number of nitrogens with two attached hydrogens (primary N) is 2. The fraction of sp³-hybridized carbons (Fsp3) is 0.538. The van der Waals surface area contributed by atoms with E-state index < -0.39 is 83.5 Å². The van der Waals surface area contributed by atoms with Crippen LogP contribution in [0.1, 0.15) is 63.5 Å². The van der Waals surface area contributed by atoms with Crippen molar-refractivity contribution in [2.45, 2.75) is 107 Å². The van der Waals surface area contributed by atoms with E-state index in [0.717, 1.165) is 11.1 Å². The predicted octanol–water partition coefficient (Wildman–Crippen LogP) is 1.82. The first kappa shape index (κ1) is 49.0. The summed E-state index contributed by atoms with van der Waals surface area (Å²) in [5.41, 5.74) is 10.4. The predicted molar refractivity (Wildman–Crippen MR) is 206 cm³/mol. The molecule has 2 aromatic carbocycles. The number of likely N-dealkylation sites (N-methyl/N-ethyl adjacent to an activating group) is 1. The van der Waals surface area contributed by atoms with E-state index in [0.29, 0.717) is 19.4 Å². The van der Waals surface area contributed by atoms with Gasteiger partial charge < -0.3 is 47.8 Å². The van der Waals surface area contributed by atoms with Crippen LogP contribution >= 0.6 is 0 Å². The van der Waals surface area contributed by atoms with Crippen LogP contribution in [0.5, 0.6) is 0 Å². The molecule has 2 aromatic rings. The Balaban J connectivity index is 0.00000151. The number of carbonyl (C=O) groups excluding carboxylic acids is 4. The van der Waals surface area contributed by atoms with Crippen LogP contribution in [0.25, 0.3) is 0 Å². The first-order valence-electron chi connectivity index (χ1n) is 18.8. The van der Waals surface area contributed by atoms with Gasteiger partial charge in [-0.15, -0.1) is 0 Å². The third-order valence-corrected chi connectivity index (χ3v) is 9.49. The Bertz CT molecular complexity index is 1650. The number of carboxylic acid groups (broad SMARTS) is 2. The largest absolute Gasteiger partial charge is 0.490 e. The maximum atomic E-state index is 15.2. The highest BCUT2D eigenvalue weighted by atomic mass is 19.4. The number of rotatable bonds is 19. The highest BCUT2D eigenvalue weighted by Crippen LogP contribution is 2.24. The van der Waals surface area contributed by atoms with E-state index in [-0.39, 0.29) is 45.2 Å². The van der Waals surface area contributed by atoms with Crippen LogP contribution in [0.2, 0.25) is 0 Å². The van der Waals surface area contributed by atoms with Gasteiger partial charge in [-0.25, -0.2) is 9.18 Å². The van der Waals surface area contributed by atoms with Gasteiger partial charge in [0, 0.05) is 25.9 Å². The Hall–Kier alpha value is -5.14. The van der Waals surface area contributed by atoms with Crippen molar-refractivity contribution >= 4 is 35.6 Å². The minimum absolute atomic E-state index is 0.0729. The summed E-state index contributed by atoms with van der Waals surface area (Å²) in [6.07, 6.45) is -3.51. The van der Waals surface area contributed by atoms with Gasteiger partial charge in [-0.1, -0.05) is 60.7 Å². The van der Waals surface area contributed by atoms with Crippen molar-refractivity contribution in [2.75, 3.05) is 26.7 Å². The van der Waals surface area contributed by atoms with Crippen LogP contribution in [-0.2, 0) is 41.6 Å². The van der Waals surface area contributed by atoms with Crippen LogP contribution in [0, 0.1) is 0 Å². The van der Waals surface area contributed by atoms with E-state index in [2.05, 4.69) is 21.3 Å². The third kappa shape index (κ3) is 16.4. The Morgan fingerprint density at radius 2 is 1.22 bits per heavy atom. The molecule has 3 rings (SSSR count). The number of aliphatic carboxylic acids is 2. The Labute approximate surface area is 334 Å². The second-order valence-electron chi connectivity index (χ2n) is 14.6. The normalized spacial score (nSPS) is 16.0. The summed E-state index contributed by atoms with van der Waals surface area (Å²) in [4.78, 5) is 77.0. The van der Waals surface area contributed by atoms with Crippen LogP contribution in [0.15, 0.2) is 60.7 Å². The molecule has 1 fully saturated rings.